The lowest BCUT2D eigenvalue weighted by atomic mass is 10.1. The number of amides is 1. The van der Waals surface area contributed by atoms with Crippen LogP contribution < -0.4 is 4.90 Å². The predicted molar refractivity (Wildman–Crippen MR) is 105 cm³/mol. The summed E-state index contributed by atoms with van der Waals surface area (Å²) in [6.07, 6.45) is 2.80. The Kier molecular flexibility index (Phi) is 4.43. The fraction of sp³-hybridized carbons (Fsp3) is 0.263. The Morgan fingerprint density at radius 1 is 1.11 bits per heavy atom. The lowest BCUT2D eigenvalue weighted by molar-refractivity contribution is -0.119. The minimum Gasteiger partial charge on any atom is -0.310 e. The molecule has 0 unspecified atom stereocenters. The molecule has 28 heavy (non-hydrogen) atoms. The second kappa shape index (κ2) is 6.68. The van der Waals surface area contributed by atoms with Gasteiger partial charge in [0.2, 0.25) is 15.9 Å². The van der Waals surface area contributed by atoms with E-state index >= 15 is 0 Å². The number of anilines is 1. The third-order valence-corrected chi connectivity index (χ3v) is 6.15. The smallest absolute Gasteiger partial charge is 0.242 e. The van der Waals surface area contributed by atoms with Crippen LogP contribution in [0.25, 0.3) is 16.6 Å². The Morgan fingerprint density at radius 2 is 1.82 bits per heavy atom. The maximum Gasteiger partial charge on any atom is 0.242 e. The highest BCUT2D eigenvalue weighted by molar-refractivity contribution is 7.88. The van der Waals surface area contributed by atoms with Crippen LogP contribution in [0.4, 0.5) is 10.1 Å². The highest BCUT2D eigenvalue weighted by atomic mass is 32.2. The van der Waals surface area contributed by atoms with Crippen molar-refractivity contribution >= 4 is 32.5 Å². The molecule has 0 bridgehead atoms. The molecule has 9 heteroatoms. The third-order valence-electron chi connectivity index (χ3n) is 4.90. The number of aryl methyl sites for hydroxylation is 1. The summed E-state index contributed by atoms with van der Waals surface area (Å²) in [7, 11) is -3.39. The number of aromatic nitrogens is 2. The molecule has 1 aliphatic heterocycles. The number of sulfonamides is 1. The number of benzene rings is 2. The molecule has 2 heterocycles. The standard InChI is InChI=1S/C19H19FN4O3S/c1-13-9-18-14(11-21-24(18)16-5-3-15(20)4-6-16)10-17(13)23-8-7-22(12-19(23)25)28(2,26)27/h3-6,9-11H,7-8,12H2,1-2H3. The zero-order valence-electron chi connectivity index (χ0n) is 15.5. The van der Waals surface area contributed by atoms with Crippen molar-refractivity contribution in [3.63, 3.8) is 0 Å². The number of halogens is 1. The van der Waals surface area contributed by atoms with Gasteiger partial charge in [0.25, 0.3) is 0 Å². The maximum atomic E-state index is 13.2. The quantitative estimate of drug-likeness (QED) is 0.672. The van der Waals surface area contributed by atoms with Gasteiger partial charge >= 0.3 is 0 Å². The zero-order valence-corrected chi connectivity index (χ0v) is 16.3. The Hall–Kier alpha value is -2.78. The van der Waals surface area contributed by atoms with Crippen molar-refractivity contribution in [1.29, 1.82) is 0 Å². The lowest BCUT2D eigenvalue weighted by Crippen LogP contribution is -2.52. The SMILES string of the molecule is Cc1cc2c(cnn2-c2ccc(F)cc2)cc1N1CCN(S(C)(=O)=O)CC1=O. The summed E-state index contributed by atoms with van der Waals surface area (Å²) < 4.78 is 39.5. The van der Waals surface area contributed by atoms with Crippen molar-refractivity contribution in [2.75, 3.05) is 30.8 Å². The Labute approximate surface area is 162 Å². The summed E-state index contributed by atoms with van der Waals surface area (Å²) in [5.41, 5.74) is 3.19. The normalized spacial score (nSPS) is 16.1. The fourth-order valence-corrected chi connectivity index (χ4v) is 4.19. The van der Waals surface area contributed by atoms with E-state index in [4.69, 9.17) is 0 Å². The van der Waals surface area contributed by atoms with E-state index in [0.29, 0.717) is 6.54 Å². The van der Waals surface area contributed by atoms with Crippen LogP contribution in [0, 0.1) is 12.7 Å². The number of hydrogen-bond acceptors (Lipinski definition) is 4. The van der Waals surface area contributed by atoms with Crippen molar-refractivity contribution in [1.82, 2.24) is 14.1 Å². The molecule has 0 N–H and O–H groups in total. The van der Waals surface area contributed by atoms with Gasteiger partial charge in [-0.15, -0.1) is 0 Å². The summed E-state index contributed by atoms with van der Waals surface area (Å²) >= 11 is 0. The number of rotatable bonds is 3. The van der Waals surface area contributed by atoms with Crippen molar-refractivity contribution in [3.8, 4) is 5.69 Å². The second-order valence-corrected chi connectivity index (χ2v) is 8.85. The van der Waals surface area contributed by atoms with Gasteiger partial charge in [0.1, 0.15) is 5.82 Å². The molecule has 1 aromatic heterocycles. The van der Waals surface area contributed by atoms with E-state index < -0.39 is 10.0 Å². The van der Waals surface area contributed by atoms with Crippen LogP contribution in [0.1, 0.15) is 5.56 Å². The van der Waals surface area contributed by atoms with E-state index in [1.807, 2.05) is 19.1 Å². The van der Waals surface area contributed by atoms with Crippen LogP contribution in [0.15, 0.2) is 42.6 Å². The first-order valence-electron chi connectivity index (χ1n) is 8.74. The highest BCUT2D eigenvalue weighted by Crippen LogP contribution is 2.29. The molecule has 2 aromatic carbocycles. The van der Waals surface area contributed by atoms with Gasteiger partial charge < -0.3 is 4.90 Å². The number of hydrogen-bond donors (Lipinski definition) is 0. The topological polar surface area (TPSA) is 75.5 Å². The van der Waals surface area contributed by atoms with Crippen LogP contribution in [0.3, 0.4) is 0 Å². The lowest BCUT2D eigenvalue weighted by Gasteiger charge is -2.33. The first kappa shape index (κ1) is 18.6. The van der Waals surface area contributed by atoms with Gasteiger partial charge in [-0.2, -0.15) is 9.40 Å². The molecule has 1 amide bonds. The van der Waals surface area contributed by atoms with E-state index in [1.165, 1.54) is 16.4 Å². The second-order valence-electron chi connectivity index (χ2n) is 6.87. The predicted octanol–water partition coefficient (Wildman–Crippen LogP) is 2.08. The molecular formula is C19H19FN4O3S. The third kappa shape index (κ3) is 3.27. The van der Waals surface area contributed by atoms with E-state index in [1.54, 1.807) is 27.9 Å². The van der Waals surface area contributed by atoms with Crippen LogP contribution >= 0.6 is 0 Å². The molecule has 1 saturated heterocycles. The van der Waals surface area contributed by atoms with E-state index in [9.17, 15) is 17.6 Å². The van der Waals surface area contributed by atoms with Gasteiger partial charge in [0.15, 0.2) is 0 Å². The van der Waals surface area contributed by atoms with Gasteiger partial charge in [-0.05, 0) is 48.9 Å². The minimum absolute atomic E-state index is 0.162. The summed E-state index contributed by atoms with van der Waals surface area (Å²) in [5, 5.41) is 5.23. The highest BCUT2D eigenvalue weighted by Gasteiger charge is 2.30. The largest absolute Gasteiger partial charge is 0.310 e. The summed E-state index contributed by atoms with van der Waals surface area (Å²) in [6.45, 7) is 2.29. The Balaban J connectivity index is 1.69. The molecule has 0 atom stereocenters. The maximum absolute atomic E-state index is 13.2. The molecule has 0 aliphatic carbocycles. The van der Waals surface area contributed by atoms with Crippen LogP contribution in [0.2, 0.25) is 0 Å². The summed E-state index contributed by atoms with van der Waals surface area (Å²) in [6, 6.07) is 9.87. The molecule has 0 spiro atoms. The monoisotopic (exact) mass is 402 g/mol. The molecular weight excluding hydrogens is 383 g/mol. The van der Waals surface area contributed by atoms with Gasteiger partial charge in [-0.25, -0.2) is 17.5 Å². The molecule has 3 aromatic rings. The molecule has 0 radical (unpaired) electrons. The van der Waals surface area contributed by atoms with Crippen molar-refractivity contribution < 1.29 is 17.6 Å². The molecule has 7 nitrogen and oxygen atoms in total. The van der Waals surface area contributed by atoms with Gasteiger partial charge in [0.05, 0.1) is 30.2 Å². The minimum atomic E-state index is -3.39. The summed E-state index contributed by atoms with van der Waals surface area (Å²) in [4.78, 5) is 14.2. The van der Waals surface area contributed by atoms with E-state index in [2.05, 4.69) is 5.10 Å². The number of carbonyl (C=O) groups is 1. The average Bonchev–Trinajstić information content (AvgIpc) is 3.04. The van der Waals surface area contributed by atoms with Crippen molar-refractivity contribution in [3.05, 3.63) is 54.0 Å². The van der Waals surface area contributed by atoms with Crippen LogP contribution in [0.5, 0.6) is 0 Å². The first-order valence-corrected chi connectivity index (χ1v) is 10.6. The Bertz CT molecular complexity index is 1170. The van der Waals surface area contributed by atoms with E-state index in [0.717, 1.165) is 34.1 Å². The van der Waals surface area contributed by atoms with E-state index in [-0.39, 0.29) is 24.8 Å². The molecule has 146 valence electrons. The number of carbonyl (C=O) groups excluding carboxylic acids is 1. The first-order chi connectivity index (χ1) is 13.2. The molecule has 0 saturated carbocycles. The molecule has 1 fully saturated rings. The van der Waals surface area contributed by atoms with Crippen molar-refractivity contribution in [2.24, 2.45) is 0 Å². The fourth-order valence-electron chi connectivity index (χ4n) is 3.43. The average molecular weight is 402 g/mol. The number of piperazine rings is 1. The van der Waals surface area contributed by atoms with Gasteiger partial charge in [-0.3, -0.25) is 4.79 Å². The molecule has 4 rings (SSSR count). The number of nitrogens with zero attached hydrogens (tertiary/aromatic N) is 4. The van der Waals surface area contributed by atoms with Crippen LogP contribution in [-0.4, -0.2) is 54.3 Å². The number of fused-ring (bicyclic) bond motifs is 1. The van der Waals surface area contributed by atoms with Gasteiger partial charge in [0, 0.05) is 24.2 Å². The zero-order chi connectivity index (χ0) is 20.1. The summed E-state index contributed by atoms with van der Waals surface area (Å²) in [5.74, 6) is -0.574. The van der Waals surface area contributed by atoms with Crippen LogP contribution in [-0.2, 0) is 14.8 Å². The molecule has 1 aliphatic rings. The van der Waals surface area contributed by atoms with Gasteiger partial charge in [-0.1, -0.05) is 0 Å². The Morgan fingerprint density at radius 3 is 2.46 bits per heavy atom. The van der Waals surface area contributed by atoms with Crippen molar-refractivity contribution in [2.45, 2.75) is 6.92 Å².